The molecule has 0 aromatic carbocycles. The molecule has 158 valence electrons. The summed E-state index contributed by atoms with van der Waals surface area (Å²) in [5, 5.41) is 0.131. The molecule has 0 aliphatic heterocycles. The number of rotatable bonds is 11. The van der Waals surface area contributed by atoms with Gasteiger partial charge in [-0.1, -0.05) is 53.7 Å². The van der Waals surface area contributed by atoms with Crippen LogP contribution >= 0.6 is 0 Å². The zero-order valence-electron chi connectivity index (χ0n) is 19.6. The molecule has 1 atom stereocenters. The molecule has 0 aliphatic rings. The first-order valence-corrected chi connectivity index (χ1v) is 15.8. The van der Waals surface area contributed by atoms with Gasteiger partial charge in [-0.2, -0.15) is 0 Å². The maximum Gasteiger partial charge on any atom is 0.193 e. The van der Waals surface area contributed by atoms with E-state index >= 15 is 0 Å². The molecule has 0 rings (SSSR count). The highest BCUT2D eigenvalue weighted by atomic mass is 28.4. The van der Waals surface area contributed by atoms with Gasteiger partial charge in [-0.25, -0.2) is 0 Å². The predicted molar refractivity (Wildman–Crippen MR) is 123 cm³/mol. The first kappa shape index (κ1) is 26.5. The third-order valence-electron chi connectivity index (χ3n) is 6.29. The van der Waals surface area contributed by atoms with Crippen molar-refractivity contribution < 1.29 is 13.6 Å². The van der Waals surface area contributed by atoms with Crippen LogP contribution in [0.2, 0.25) is 36.3 Å². The Balaban J connectivity index is 5.84. The molecule has 0 saturated carbocycles. The van der Waals surface area contributed by atoms with Crippen molar-refractivity contribution in [1.29, 1.82) is 0 Å². The molecular formula is C22H44O3Si2. The molecule has 0 aliphatic carbocycles. The van der Waals surface area contributed by atoms with Gasteiger partial charge in [0.05, 0.1) is 5.60 Å². The first-order chi connectivity index (χ1) is 12.0. The Morgan fingerprint density at radius 3 is 1.56 bits per heavy atom. The Hall–Kier alpha value is -0.496. The molecule has 0 unspecified atom stereocenters. The first-order valence-electron chi connectivity index (χ1n) is 10.0. The number of carbonyl (C=O) groups excluding carboxylic acids is 1. The number of hydrogen-bond acceptors (Lipinski definition) is 3. The summed E-state index contributed by atoms with van der Waals surface area (Å²) in [6.45, 7) is 30.0. The fourth-order valence-electron chi connectivity index (χ4n) is 2.63. The maximum atomic E-state index is 12.0. The molecule has 0 saturated heterocycles. The third-order valence-corrected chi connectivity index (χ3v) is 15.3. The highest BCUT2D eigenvalue weighted by Gasteiger charge is 2.46. The van der Waals surface area contributed by atoms with E-state index in [1.54, 1.807) is 0 Å². The van der Waals surface area contributed by atoms with Crippen LogP contribution in [0.4, 0.5) is 0 Å². The summed E-state index contributed by atoms with van der Waals surface area (Å²) in [6.07, 6.45) is 6.16. The fourth-order valence-corrected chi connectivity index (χ4v) is 5.52. The second-order valence-corrected chi connectivity index (χ2v) is 20.3. The lowest BCUT2D eigenvalue weighted by molar-refractivity contribution is -0.117. The Kier molecular flexibility index (Phi) is 9.16. The number of hydrogen-bond donors (Lipinski definition) is 0. The number of aldehydes is 1. The van der Waals surface area contributed by atoms with Gasteiger partial charge in [0.25, 0.3) is 0 Å². The minimum Gasteiger partial charge on any atom is -0.411 e. The summed E-state index contributed by atoms with van der Waals surface area (Å²) in [7, 11) is -4.10. The van der Waals surface area contributed by atoms with E-state index < -0.39 is 28.3 Å². The van der Waals surface area contributed by atoms with E-state index in [0.29, 0.717) is 19.3 Å². The van der Waals surface area contributed by atoms with Crippen LogP contribution in [-0.4, -0.2) is 34.6 Å². The second-order valence-electron chi connectivity index (χ2n) is 10.8. The third kappa shape index (κ3) is 7.44. The van der Waals surface area contributed by atoms with Gasteiger partial charge in [0.15, 0.2) is 16.6 Å². The van der Waals surface area contributed by atoms with Crippen molar-refractivity contribution in [3.05, 3.63) is 25.3 Å². The van der Waals surface area contributed by atoms with Crippen LogP contribution in [0.5, 0.6) is 0 Å². The van der Waals surface area contributed by atoms with Gasteiger partial charge in [0.2, 0.25) is 0 Å². The topological polar surface area (TPSA) is 35.5 Å². The van der Waals surface area contributed by atoms with Crippen molar-refractivity contribution >= 4 is 22.9 Å². The highest BCUT2D eigenvalue weighted by molar-refractivity contribution is 6.74. The van der Waals surface area contributed by atoms with Crippen LogP contribution in [0.3, 0.4) is 0 Å². The van der Waals surface area contributed by atoms with Gasteiger partial charge in [-0.05, 0) is 49.1 Å². The summed E-state index contributed by atoms with van der Waals surface area (Å²) in [5.74, 6) is 0. The average Bonchev–Trinajstić information content (AvgIpc) is 2.43. The molecule has 5 heteroatoms. The second kappa shape index (κ2) is 9.33. The zero-order valence-corrected chi connectivity index (χ0v) is 21.6. The van der Waals surface area contributed by atoms with Crippen LogP contribution in [0.1, 0.15) is 60.8 Å². The SMILES string of the molecule is C=CCC(CC=C)(C[C@@H](C=O)O[Si](C)(C)C(C)(C)C)O[Si](C)(C)C(C)(C)C. The van der Waals surface area contributed by atoms with E-state index in [9.17, 15) is 4.79 Å². The molecule has 0 amide bonds. The van der Waals surface area contributed by atoms with Crippen LogP contribution in [0.15, 0.2) is 25.3 Å². The Morgan fingerprint density at radius 2 is 1.26 bits per heavy atom. The van der Waals surface area contributed by atoms with E-state index in [1.807, 2.05) is 12.2 Å². The number of carbonyl (C=O) groups is 1. The van der Waals surface area contributed by atoms with Gasteiger partial charge in [-0.3, -0.25) is 0 Å². The molecule has 0 bridgehead atoms. The lowest BCUT2D eigenvalue weighted by Gasteiger charge is -2.47. The summed E-state index contributed by atoms with van der Waals surface area (Å²) < 4.78 is 13.3. The lowest BCUT2D eigenvalue weighted by Crippen LogP contribution is -2.52. The van der Waals surface area contributed by atoms with E-state index in [0.717, 1.165) is 6.29 Å². The smallest absolute Gasteiger partial charge is 0.193 e. The lowest BCUT2D eigenvalue weighted by atomic mass is 9.89. The van der Waals surface area contributed by atoms with Gasteiger partial charge in [0, 0.05) is 6.42 Å². The van der Waals surface area contributed by atoms with Crippen molar-refractivity contribution in [3.8, 4) is 0 Å². The molecule has 0 aromatic rings. The molecule has 0 radical (unpaired) electrons. The van der Waals surface area contributed by atoms with Crippen molar-refractivity contribution in [1.82, 2.24) is 0 Å². The summed E-state index contributed by atoms with van der Waals surface area (Å²) in [4.78, 5) is 12.0. The molecule has 0 spiro atoms. The molecule has 0 fully saturated rings. The molecule has 27 heavy (non-hydrogen) atoms. The van der Waals surface area contributed by atoms with Crippen LogP contribution in [0, 0.1) is 0 Å². The van der Waals surface area contributed by atoms with Gasteiger partial charge in [-0.15, -0.1) is 13.2 Å². The van der Waals surface area contributed by atoms with Gasteiger partial charge < -0.3 is 13.6 Å². The summed E-state index contributed by atoms with van der Waals surface area (Å²) >= 11 is 0. The largest absolute Gasteiger partial charge is 0.411 e. The quantitative estimate of drug-likeness (QED) is 0.211. The van der Waals surface area contributed by atoms with Crippen LogP contribution in [0.25, 0.3) is 0 Å². The molecule has 0 aromatic heterocycles. The fraction of sp³-hybridized carbons (Fsp3) is 0.773. The molecule has 0 heterocycles. The maximum absolute atomic E-state index is 12.0. The standard InChI is InChI=1S/C22H44O3Si2/c1-13-15-22(16-14-2,25-27(11,12)21(6,7)8)17-19(18-23)24-26(9,10)20(3,4)5/h13-14,18-19H,1-2,15-17H2,3-12H3/t19-/m0/s1. The van der Waals surface area contributed by atoms with E-state index in [1.165, 1.54) is 0 Å². The van der Waals surface area contributed by atoms with Crippen molar-refractivity contribution in [2.75, 3.05) is 0 Å². The summed E-state index contributed by atoms with van der Waals surface area (Å²) in [6, 6.07) is 0. The Labute approximate surface area is 170 Å². The molecule has 0 N–H and O–H groups in total. The van der Waals surface area contributed by atoms with Gasteiger partial charge in [0.1, 0.15) is 12.4 Å². The van der Waals surface area contributed by atoms with E-state index in [4.69, 9.17) is 8.85 Å². The minimum absolute atomic E-state index is 0.0497. The van der Waals surface area contributed by atoms with Crippen LogP contribution in [-0.2, 0) is 13.6 Å². The average molecular weight is 413 g/mol. The van der Waals surface area contributed by atoms with Crippen molar-refractivity contribution in [2.45, 2.75) is 109 Å². The molecule has 3 nitrogen and oxygen atoms in total. The minimum atomic E-state index is -2.06. The van der Waals surface area contributed by atoms with Crippen molar-refractivity contribution in [3.63, 3.8) is 0 Å². The molecular weight excluding hydrogens is 368 g/mol. The Morgan fingerprint density at radius 1 is 0.852 bits per heavy atom. The van der Waals surface area contributed by atoms with E-state index in [-0.39, 0.29) is 10.1 Å². The highest BCUT2D eigenvalue weighted by Crippen LogP contribution is 2.43. The van der Waals surface area contributed by atoms with Crippen molar-refractivity contribution in [2.24, 2.45) is 0 Å². The monoisotopic (exact) mass is 412 g/mol. The predicted octanol–water partition coefficient (Wildman–Crippen LogP) is 6.88. The van der Waals surface area contributed by atoms with E-state index in [2.05, 4.69) is 80.9 Å². The normalized spacial score (nSPS) is 15.3. The summed E-state index contributed by atoms with van der Waals surface area (Å²) in [5.41, 5.74) is -0.500. The Bertz CT molecular complexity index is 501. The zero-order chi connectivity index (χ0) is 21.7. The van der Waals surface area contributed by atoms with Gasteiger partial charge >= 0.3 is 0 Å². The van der Waals surface area contributed by atoms with Crippen LogP contribution < -0.4 is 0 Å².